The zero-order chi connectivity index (χ0) is 8.43. The molecule has 0 fully saturated rings. The van der Waals surface area contributed by atoms with Crippen molar-refractivity contribution in [3.8, 4) is 0 Å². The number of aliphatic hydroxyl groups excluding tert-OH is 1. The second-order valence-electron chi connectivity index (χ2n) is 2.22. The summed E-state index contributed by atoms with van der Waals surface area (Å²) in [6.07, 6.45) is 0.341. The molecule has 0 aliphatic heterocycles. The van der Waals surface area contributed by atoms with E-state index in [1.807, 2.05) is 0 Å². The Morgan fingerprint density at radius 1 is 1.73 bits per heavy atom. The van der Waals surface area contributed by atoms with Gasteiger partial charge in [-0.15, -0.1) is 0 Å². The Balaban J connectivity index is 2.90. The van der Waals surface area contributed by atoms with E-state index in [1.165, 1.54) is 13.0 Å². The van der Waals surface area contributed by atoms with Crippen LogP contribution in [0.15, 0.2) is 16.7 Å². The summed E-state index contributed by atoms with van der Waals surface area (Å²) in [5.41, 5.74) is 0.0564. The zero-order valence-corrected chi connectivity index (χ0v) is 5.94. The van der Waals surface area contributed by atoms with Gasteiger partial charge in [0.2, 0.25) is 0 Å². The van der Waals surface area contributed by atoms with Crippen LogP contribution in [0, 0.1) is 0 Å². The standard InChI is InChI=1S/C7H8O4/c1-4(8)6-2-5(3-11-6)7(9)10/h2-4,8H,1H3,(H,9,10). The molecule has 0 aliphatic carbocycles. The van der Waals surface area contributed by atoms with Crippen molar-refractivity contribution in [1.29, 1.82) is 0 Å². The van der Waals surface area contributed by atoms with Gasteiger partial charge in [0.1, 0.15) is 18.1 Å². The predicted octanol–water partition coefficient (Wildman–Crippen LogP) is 1.03. The molecule has 0 saturated carbocycles. The summed E-state index contributed by atoms with van der Waals surface area (Å²) in [7, 11) is 0. The average Bonchev–Trinajstić information content (AvgIpc) is 2.33. The highest BCUT2D eigenvalue weighted by Gasteiger charge is 2.10. The third kappa shape index (κ3) is 1.59. The Kier molecular flexibility index (Phi) is 1.96. The summed E-state index contributed by atoms with van der Waals surface area (Å²) in [5, 5.41) is 17.4. The fraction of sp³-hybridized carbons (Fsp3) is 0.286. The van der Waals surface area contributed by atoms with Gasteiger partial charge in [-0.3, -0.25) is 0 Å². The van der Waals surface area contributed by atoms with Crippen molar-refractivity contribution >= 4 is 5.97 Å². The highest BCUT2D eigenvalue weighted by Crippen LogP contribution is 2.15. The van der Waals surface area contributed by atoms with Crippen LogP contribution in [-0.4, -0.2) is 16.2 Å². The lowest BCUT2D eigenvalue weighted by Gasteiger charge is -1.94. The lowest BCUT2D eigenvalue weighted by Crippen LogP contribution is -1.92. The fourth-order valence-corrected chi connectivity index (χ4v) is 0.684. The van der Waals surface area contributed by atoms with Crippen LogP contribution in [0.3, 0.4) is 0 Å². The molecule has 0 radical (unpaired) electrons. The van der Waals surface area contributed by atoms with E-state index < -0.39 is 12.1 Å². The van der Waals surface area contributed by atoms with E-state index in [1.54, 1.807) is 0 Å². The SMILES string of the molecule is CC(O)c1cc(C(=O)O)co1. The van der Waals surface area contributed by atoms with Gasteiger partial charge < -0.3 is 14.6 Å². The van der Waals surface area contributed by atoms with E-state index in [2.05, 4.69) is 0 Å². The summed E-state index contributed by atoms with van der Waals surface area (Å²) in [6.45, 7) is 1.50. The number of carbonyl (C=O) groups is 1. The first-order valence-corrected chi connectivity index (χ1v) is 3.11. The summed E-state index contributed by atoms with van der Waals surface area (Å²) < 4.78 is 4.76. The third-order valence-electron chi connectivity index (χ3n) is 1.28. The molecular formula is C7H8O4. The molecule has 1 unspecified atom stereocenters. The number of hydrogen-bond donors (Lipinski definition) is 2. The topological polar surface area (TPSA) is 70.7 Å². The van der Waals surface area contributed by atoms with Gasteiger partial charge in [0.15, 0.2) is 0 Å². The molecule has 0 saturated heterocycles. The first-order chi connectivity index (χ1) is 5.11. The molecule has 11 heavy (non-hydrogen) atoms. The van der Waals surface area contributed by atoms with E-state index in [0.29, 0.717) is 0 Å². The van der Waals surface area contributed by atoms with Crippen molar-refractivity contribution in [2.75, 3.05) is 0 Å². The minimum atomic E-state index is -1.05. The molecule has 1 atom stereocenters. The Morgan fingerprint density at radius 3 is 2.64 bits per heavy atom. The quantitative estimate of drug-likeness (QED) is 0.670. The van der Waals surface area contributed by atoms with Crippen molar-refractivity contribution in [2.45, 2.75) is 13.0 Å². The van der Waals surface area contributed by atoms with E-state index in [4.69, 9.17) is 14.6 Å². The van der Waals surface area contributed by atoms with Gasteiger partial charge in [0.05, 0.1) is 5.56 Å². The second kappa shape index (κ2) is 2.75. The van der Waals surface area contributed by atoms with Gasteiger partial charge in [-0.25, -0.2) is 4.79 Å². The molecule has 2 N–H and O–H groups in total. The highest BCUT2D eigenvalue weighted by atomic mass is 16.4. The minimum Gasteiger partial charge on any atom is -0.478 e. The lowest BCUT2D eigenvalue weighted by atomic mass is 10.2. The molecule has 4 nitrogen and oxygen atoms in total. The van der Waals surface area contributed by atoms with Crippen LogP contribution in [0.1, 0.15) is 29.1 Å². The molecule has 1 aromatic rings. The number of furan rings is 1. The molecule has 1 heterocycles. The molecule has 0 amide bonds. The largest absolute Gasteiger partial charge is 0.478 e. The van der Waals surface area contributed by atoms with E-state index in [9.17, 15) is 4.79 Å². The van der Waals surface area contributed by atoms with Crippen LogP contribution in [0.25, 0.3) is 0 Å². The number of carboxylic acid groups (broad SMARTS) is 1. The Bertz CT molecular complexity index is 261. The van der Waals surface area contributed by atoms with Crippen LogP contribution in [0.5, 0.6) is 0 Å². The van der Waals surface area contributed by atoms with Gasteiger partial charge >= 0.3 is 5.97 Å². The van der Waals surface area contributed by atoms with Gasteiger partial charge in [-0.1, -0.05) is 0 Å². The molecule has 0 aliphatic rings. The highest BCUT2D eigenvalue weighted by molar-refractivity contribution is 5.87. The second-order valence-corrected chi connectivity index (χ2v) is 2.22. The van der Waals surface area contributed by atoms with Gasteiger partial charge in [-0.05, 0) is 13.0 Å². The van der Waals surface area contributed by atoms with Gasteiger partial charge in [-0.2, -0.15) is 0 Å². The van der Waals surface area contributed by atoms with Crippen LogP contribution >= 0.6 is 0 Å². The Hall–Kier alpha value is -1.29. The summed E-state index contributed by atoms with van der Waals surface area (Å²) in [6, 6.07) is 1.30. The smallest absolute Gasteiger partial charge is 0.338 e. The van der Waals surface area contributed by atoms with E-state index in [0.717, 1.165) is 6.26 Å². The maximum atomic E-state index is 10.3. The molecule has 1 aromatic heterocycles. The Morgan fingerprint density at radius 2 is 2.36 bits per heavy atom. The maximum absolute atomic E-state index is 10.3. The van der Waals surface area contributed by atoms with E-state index >= 15 is 0 Å². The van der Waals surface area contributed by atoms with Crippen molar-refractivity contribution in [2.24, 2.45) is 0 Å². The van der Waals surface area contributed by atoms with Gasteiger partial charge in [0.25, 0.3) is 0 Å². The third-order valence-corrected chi connectivity index (χ3v) is 1.28. The monoisotopic (exact) mass is 156 g/mol. The Labute approximate surface area is 63.1 Å². The first kappa shape index (κ1) is 7.81. The van der Waals surface area contributed by atoms with Crippen molar-refractivity contribution < 1.29 is 19.4 Å². The zero-order valence-electron chi connectivity index (χ0n) is 5.94. The number of aliphatic hydroxyl groups is 1. The predicted molar refractivity (Wildman–Crippen MR) is 36.3 cm³/mol. The summed E-state index contributed by atoms with van der Waals surface area (Å²) in [5.74, 6) is -0.789. The molecule has 0 bridgehead atoms. The van der Waals surface area contributed by atoms with Gasteiger partial charge in [0, 0.05) is 0 Å². The molecular weight excluding hydrogens is 148 g/mol. The lowest BCUT2D eigenvalue weighted by molar-refractivity contribution is 0.0696. The fourth-order valence-electron chi connectivity index (χ4n) is 0.684. The van der Waals surface area contributed by atoms with Crippen molar-refractivity contribution in [1.82, 2.24) is 0 Å². The van der Waals surface area contributed by atoms with Crippen molar-refractivity contribution in [3.05, 3.63) is 23.7 Å². The summed E-state index contributed by atoms with van der Waals surface area (Å²) in [4.78, 5) is 10.3. The van der Waals surface area contributed by atoms with Crippen molar-refractivity contribution in [3.63, 3.8) is 0 Å². The van der Waals surface area contributed by atoms with Crippen LogP contribution < -0.4 is 0 Å². The van der Waals surface area contributed by atoms with Crippen LogP contribution in [-0.2, 0) is 0 Å². The first-order valence-electron chi connectivity index (χ1n) is 3.11. The molecule has 0 spiro atoms. The average molecular weight is 156 g/mol. The normalized spacial score (nSPS) is 12.9. The minimum absolute atomic E-state index is 0.0564. The number of carboxylic acids is 1. The molecule has 1 rings (SSSR count). The maximum Gasteiger partial charge on any atom is 0.338 e. The molecule has 4 heteroatoms. The number of hydrogen-bond acceptors (Lipinski definition) is 3. The molecule has 60 valence electrons. The number of aromatic carboxylic acids is 1. The summed E-state index contributed by atoms with van der Waals surface area (Å²) >= 11 is 0. The number of rotatable bonds is 2. The molecule has 0 aromatic carbocycles. The van der Waals surface area contributed by atoms with E-state index in [-0.39, 0.29) is 11.3 Å². The van der Waals surface area contributed by atoms with Crippen LogP contribution in [0.4, 0.5) is 0 Å². The van der Waals surface area contributed by atoms with Crippen LogP contribution in [0.2, 0.25) is 0 Å².